The van der Waals surface area contributed by atoms with E-state index in [2.05, 4.69) is 55.4 Å². The zero-order valence-corrected chi connectivity index (χ0v) is 64.1. The van der Waals surface area contributed by atoms with E-state index in [0.717, 1.165) is 114 Å². The first-order chi connectivity index (χ1) is 45.6. The Kier molecular flexibility index (Phi) is 64.0. The minimum atomic E-state index is -4.96. The molecule has 0 heterocycles. The SMILES string of the molecule is CCC(C)CCCCCCCCCCCCCCCCC(=O)O[C@H](COC(=O)CCCCCCCCCCCC(C)C)COP(=O)(O)OC[C@@H](O)COP(=O)(O)OC[C@@H](COC(=O)CCCCCCCCC(C)C)OC(=O)CCCCCCCCCCCCCCCC(C)C. The molecule has 6 atom stereocenters. The maximum atomic E-state index is 13.1. The molecule has 0 amide bonds. The Hall–Kier alpha value is -1.94. The fraction of sp³-hybridized carbons (Fsp3) is 0.947. The maximum absolute atomic E-state index is 13.1. The van der Waals surface area contributed by atoms with Gasteiger partial charge in [0, 0.05) is 25.7 Å². The molecule has 0 aromatic rings. The molecule has 0 saturated carbocycles. The first kappa shape index (κ1) is 93.1. The number of aliphatic hydroxyl groups is 1. The first-order valence-electron chi connectivity index (χ1n) is 39.2. The zero-order chi connectivity index (χ0) is 70.3. The minimum absolute atomic E-state index is 0.106. The summed E-state index contributed by atoms with van der Waals surface area (Å²) in [5, 5.41) is 10.6. The van der Waals surface area contributed by atoms with Crippen molar-refractivity contribution in [3.05, 3.63) is 0 Å². The lowest BCUT2D eigenvalue weighted by Crippen LogP contribution is -2.30. The zero-order valence-electron chi connectivity index (χ0n) is 62.3. The van der Waals surface area contributed by atoms with Crippen molar-refractivity contribution in [3.8, 4) is 0 Å². The summed E-state index contributed by atoms with van der Waals surface area (Å²) in [5.74, 6) is 0.933. The highest BCUT2D eigenvalue weighted by molar-refractivity contribution is 7.47. The number of unbranched alkanes of at least 4 members (excludes halogenated alkanes) is 38. The summed E-state index contributed by atoms with van der Waals surface area (Å²) in [5.41, 5.74) is 0. The smallest absolute Gasteiger partial charge is 0.462 e. The molecule has 0 bridgehead atoms. The Morgan fingerprint density at radius 1 is 0.295 bits per heavy atom. The molecule has 0 aliphatic heterocycles. The van der Waals surface area contributed by atoms with Crippen LogP contribution in [-0.2, 0) is 65.4 Å². The molecule has 95 heavy (non-hydrogen) atoms. The standard InChI is InChI=1S/C76H148O17P2/c1-9-69(8)55-47-39-30-24-18-14-10-11-15-19-25-32-42-50-58-75(80)92-71(62-86-73(78)56-48-40-31-27-21-23-29-37-45-53-67(4)5)64-90-94(82,83)88-60-70(77)61-89-95(84,85)91-65-72(63-87-74(79)57-49-41-35-34-38-46-54-68(6)7)93-76(81)59-51-43-33-26-20-16-12-13-17-22-28-36-44-52-66(2)3/h66-72,77H,9-65H2,1-8H3,(H,82,83)(H,84,85)/t69?,70-,71-,72-/m1/s1. The predicted molar refractivity (Wildman–Crippen MR) is 386 cm³/mol. The average Bonchev–Trinajstić information content (AvgIpc) is 2.86. The number of rotatable bonds is 73. The third-order valence-corrected chi connectivity index (χ3v) is 19.8. The molecular weight excluding hydrogens is 1250 g/mol. The molecule has 0 spiro atoms. The highest BCUT2D eigenvalue weighted by Gasteiger charge is 2.30. The van der Waals surface area contributed by atoms with Gasteiger partial charge in [-0.3, -0.25) is 37.3 Å². The van der Waals surface area contributed by atoms with Crippen LogP contribution < -0.4 is 0 Å². The van der Waals surface area contributed by atoms with E-state index in [1.165, 1.54) is 180 Å². The second-order valence-electron chi connectivity index (χ2n) is 29.1. The van der Waals surface area contributed by atoms with E-state index in [-0.39, 0.29) is 25.7 Å². The van der Waals surface area contributed by atoms with Crippen molar-refractivity contribution >= 4 is 39.5 Å². The third kappa shape index (κ3) is 69.0. The van der Waals surface area contributed by atoms with Gasteiger partial charge < -0.3 is 33.8 Å². The van der Waals surface area contributed by atoms with E-state index in [1.54, 1.807) is 0 Å². The van der Waals surface area contributed by atoms with Gasteiger partial charge in [-0.2, -0.15) is 0 Å². The molecule has 3 unspecified atom stereocenters. The third-order valence-electron chi connectivity index (χ3n) is 17.9. The fourth-order valence-electron chi connectivity index (χ4n) is 11.5. The molecular formula is C76H148O17P2. The maximum Gasteiger partial charge on any atom is 0.472 e. The van der Waals surface area contributed by atoms with Crippen LogP contribution in [-0.4, -0.2) is 96.7 Å². The summed E-state index contributed by atoms with van der Waals surface area (Å²) in [4.78, 5) is 72.8. The van der Waals surface area contributed by atoms with Crippen molar-refractivity contribution < 1.29 is 80.2 Å². The van der Waals surface area contributed by atoms with Gasteiger partial charge in [0.25, 0.3) is 0 Å². The van der Waals surface area contributed by atoms with Gasteiger partial charge in [0.1, 0.15) is 19.3 Å². The average molecular weight is 1400 g/mol. The lowest BCUT2D eigenvalue weighted by Gasteiger charge is -2.21. The molecule has 0 fully saturated rings. The second kappa shape index (κ2) is 65.4. The lowest BCUT2D eigenvalue weighted by atomic mass is 9.99. The molecule has 17 nitrogen and oxygen atoms in total. The Morgan fingerprint density at radius 2 is 0.505 bits per heavy atom. The van der Waals surface area contributed by atoms with Crippen LogP contribution in [0.1, 0.15) is 383 Å². The number of carbonyl (C=O) groups is 4. The normalized spacial score (nSPS) is 14.4. The summed E-state index contributed by atoms with van der Waals surface area (Å²) in [7, 11) is -9.91. The number of esters is 4. The number of aliphatic hydroxyl groups excluding tert-OH is 1. The molecule has 0 aliphatic rings. The van der Waals surface area contributed by atoms with E-state index >= 15 is 0 Å². The number of ether oxygens (including phenoxy) is 4. The Bertz CT molecular complexity index is 1870. The number of hydrogen-bond donors (Lipinski definition) is 3. The van der Waals surface area contributed by atoms with Crippen molar-refractivity contribution in [2.75, 3.05) is 39.6 Å². The van der Waals surface area contributed by atoms with Crippen LogP contribution in [0, 0.1) is 23.7 Å². The van der Waals surface area contributed by atoms with Gasteiger partial charge in [0.15, 0.2) is 12.2 Å². The molecule has 3 N–H and O–H groups in total. The van der Waals surface area contributed by atoms with Crippen LogP contribution >= 0.6 is 15.6 Å². The molecule has 0 aliphatic carbocycles. The lowest BCUT2D eigenvalue weighted by molar-refractivity contribution is -0.161. The molecule has 564 valence electrons. The number of phosphoric acid groups is 2. The van der Waals surface area contributed by atoms with Crippen LogP contribution in [0.15, 0.2) is 0 Å². The fourth-order valence-corrected chi connectivity index (χ4v) is 13.1. The molecule has 0 rings (SSSR count). The number of phosphoric ester groups is 2. The van der Waals surface area contributed by atoms with Crippen LogP contribution in [0.3, 0.4) is 0 Å². The predicted octanol–water partition coefficient (Wildman–Crippen LogP) is 22.0. The van der Waals surface area contributed by atoms with E-state index < -0.39 is 97.5 Å². The quantitative estimate of drug-likeness (QED) is 0.0222. The Labute approximate surface area is 581 Å². The summed E-state index contributed by atoms with van der Waals surface area (Å²) >= 11 is 0. The molecule has 0 aromatic carbocycles. The monoisotopic (exact) mass is 1400 g/mol. The topological polar surface area (TPSA) is 237 Å². The van der Waals surface area contributed by atoms with Crippen LogP contribution in [0.5, 0.6) is 0 Å². The van der Waals surface area contributed by atoms with Gasteiger partial charge in [-0.1, -0.05) is 331 Å². The highest BCUT2D eigenvalue weighted by Crippen LogP contribution is 2.45. The molecule has 19 heteroatoms. The number of hydrogen-bond acceptors (Lipinski definition) is 15. The summed E-state index contributed by atoms with van der Waals surface area (Å²) in [6, 6.07) is 0. The van der Waals surface area contributed by atoms with Gasteiger partial charge in [-0.15, -0.1) is 0 Å². The largest absolute Gasteiger partial charge is 0.472 e. The van der Waals surface area contributed by atoms with Gasteiger partial charge in [-0.25, -0.2) is 9.13 Å². The molecule has 0 radical (unpaired) electrons. The van der Waals surface area contributed by atoms with Crippen LogP contribution in [0.25, 0.3) is 0 Å². The van der Waals surface area contributed by atoms with Crippen molar-refractivity contribution in [1.29, 1.82) is 0 Å². The van der Waals surface area contributed by atoms with Crippen molar-refractivity contribution in [3.63, 3.8) is 0 Å². The van der Waals surface area contributed by atoms with Crippen molar-refractivity contribution in [2.24, 2.45) is 23.7 Å². The summed E-state index contributed by atoms with van der Waals surface area (Å²) < 4.78 is 68.5. The Balaban J connectivity index is 5.23. The van der Waals surface area contributed by atoms with Crippen molar-refractivity contribution in [2.45, 2.75) is 401 Å². The summed E-state index contributed by atoms with van der Waals surface area (Å²) in [6.07, 6.45) is 50.0. The molecule has 0 aromatic heterocycles. The van der Waals surface area contributed by atoms with Gasteiger partial charge in [-0.05, 0) is 49.4 Å². The van der Waals surface area contributed by atoms with E-state index in [9.17, 15) is 43.2 Å². The number of carbonyl (C=O) groups excluding carboxylic acids is 4. The minimum Gasteiger partial charge on any atom is -0.462 e. The van der Waals surface area contributed by atoms with Gasteiger partial charge >= 0.3 is 39.5 Å². The van der Waals surface area contributed by atoms with Gasteiger partial charge in [0.05, 0.1) is 26.4 Å². The van der Waals surface area contributed by atoms with E-state index in [0.29, 0.717) is 31.6 Å². The highest BCUT2D eigenvalue weighted by atomic mass is 31.2. The summed E-state index contributed by atoms with van der Waals surface area (Å²) in [6.45, 7) is 14.2. The van der Waals surface area contributed by atoms with Crippen LogP contribution in [0.4, 0.5) is 0 Å². The first-order valence-corrected chi connectivity index (χ1v) is 42.2. The van der Waals surface area contributed by atoms with Gasteiger partial charge in [0.2, 0.25) is 0 Å². The van der Waals surface area contributed by atoms with E-state index in [1.807, 2.05) is 0 Å². The van der Waals surface area contributed by atoms with Crippen molar-refractivity contribution in [1.82, 2.24) is 0 Å². The van der Waals surface area contributed by atoms with E-state index in [4.69, 9.17) is 37.0 Å². The molecule has 0 saturated heterocycles. The Morgan fingerprint density at radius 3 is 0.747 bits per heavy atom. The second-order valence-corrected chi connectivity index (χ2v) is 32.0. The van der Waals surface area contributed by atoms with Crippen LogP contribution in [0.2, 0.25) is 0 Å².